The van der Waals surface area contributed by atoms with E-state index in [9.17, 15) is 9.18 Å². The smallest absolute Gasteiger partial charge is 0.193 e. The molecular formula is C18H19FO. The van der Waals surface area contributed by atoms with Crippen molar-refractivity contribution in [2.75, 3.05) is 0 Å². The zero-order valence-electron chi connectivity index (χ0n) is 12.6. The minimum Gasteiger partial charge on any atom is -0.289 e. The predicted octanol–water partition coefficient (Wildman–Crippen LogP) is 4.60. The molecule has 0 bridgehead atoms. The maximum Gasteiger partial charge on any atom is 0.193 e. The van der Waals surface area contributed by atoms with Gasteiger partial charge >= 0.3 is 0 Å². The molecule has 0 saturated carbocycles. The Morgan fingerprint density at radius 3 is 1.95 bits per heavy atom. The maximum absolute atomic E-state index is 13.4. The summed E-state index contributed by atoms with van der Waals surface area (Å²) in [5, 5.41) is 0. The van der Waals surface area contributed by atoms with Crippen molar-refractivity contribution >= 4 is 5.78 Å². The molecule has 0 saturated heterocycles. The Morgan fingerprint density at radius 2 is 1.40 bits per heavy atom. The molecule has 0 atom stereocenters. The first-order valence-corrected chi connectivity index (χ1v) is 6.71. The molecule has 0 N–H and O–H groups in total. The van der Waals surface area contributed by atoms with Gasteiger partial charge in [0.25, 0.3) is 0 Å². The van der Waals surface area contributed by atoms with Crippen LogP contribution in [0.1, 0.15) is 43.7 Å². The van der Waals surface area contributed by atoms with E-state index in [0.29, 0.717) is 11.1 Å². The molecule has 0 aliphatic carbocycles. The third kappa shape index (κ3) is 2.38. The number of hydrogen-bond donors (Lipinski definition) is 0. The van der Waals surface area contributed by atoms with Gasteiger partial charge in [-0.3, -0.25) is 4.79 Å². The summed E-state index contributed by atoms with van der Waals surface area (Å²) in [5.41, 5.74) is 6.08. The molecule has 1 nitrogen and oxygen atoms in total. The van der Waals surface area contributed by atoms with E-state index in [2.05, 4.69) is 6.07 Å². The first kappa shape index (κ1) is 14.4. The fraction of sp³-hybridized carbons (Fsp3) is 0.278. The van der Waals surface area contributed by atoms with Crippen molar-refractivity contribution in [1.82, 2.24) is 0 Å². The molecule has 2 heteroatoms. The summed E-state index contributed by atoms with van der Waals surface area (Å²) in [6.45, 7) is 9.72. The number of hydrogen-bond acceptors (Lipinski definition) is 1. The molecule has 2 aromatic carbocycles. The van der Waals surface area contributed by atoms with Gasteiger partial charge in [0.15, 0.2) is 5.78 Å². The first-order valence-electron chi connectivity index (χ1n) is 6.71. The van der Waals surface area contributed by atoms with Crippen LogP contribution in [0.25, 0.3) is 0 Å². The largest absolute Gasteiger partial charge is 0.289 e. The molecule has 0 aliphatic heterocycles. The average Bonchev–Trinajstić information content (AvgIpc) is 2.39. The molecule has 20 heavy (non-hydrogen) atoms. The maximum atomic E-state index is 13.4. The van der Waals surface area contributed by atoms with Crippen molar-refractivity contribution in [3.63, 3.8) is 0 Å². The van der Waals surface area contributed by atoms with Crippen LogP contribution in [0.3, 0.4) is 0 Å². The first-order chi connectivity index (χ1) is 9.32. The lowest BCUT2D eigenvalue weighted by Crippen LogP contribution is -2.10. The van der Waals surface area contributed by atoms with Crippen LogP contribution in [0.5, 0.6) is 0 Å². The van der Waals surface area contributed by atoms with Crippen molar-refractivity contribution in [3.05, 3.63) is 69.0 Å². The number of aryl methyl sites for hydroxylation is 3. The van der Waals surface area contributed by atoms with Gasteiger partial charge in [-0.15, -0.1) is 0 Å². The van der Waals surface area contributed by atoms with Crippen LogP contribution >= 0.6 is 0 Å². The SMILES string of the molecule is Cc1ccc(F)cc1C(=O)c1c(C)c(C)cc(C)c1C. The Bertz CT molecular complexity index is 673. The van der Waals surface area contributed by atoms with Gasteiger partial charge in [-0.25, -0.2) is 4.39 Å². The number of halogens is 1. The summed E-state index contributed by atoms with van der Waals surface area (Å²) in [6.07, 6.45) is 0. The lowest BCUT2D eigenvalue weighted by molar-refractivity contribution is 0.103. The lowest BCUT2D eigenvalue weighted by atomic mass is 9.88. The van der Waals surface area contributed by atoms with Gasteiger partial charge in [0.05, 0.1) is 0 Å². The third-order valence-corrected chi connectivity index (χ3v) is 4.04. The van der Waals surface area contributed by atoms with E-state index >= 15 is 0 Å². The Kier molecular flexibility index (Phi) is 3.76. The van der Waals surface area contributed by atoms with Crippen LogP contribution in [0, 0.1) is 40.4 Å². The standard InChI is InChI=1S/C18H19FO/c1-10-6-7-15(19)9-16(10)18(20)17-13(4)11(2)8-12(3)14(17)5/h6-9H,1-5H3. The van der Waals surface area contributed by atoms with Crippen LogP contribution in [-0.2, 0) is 0 Å². The van der Waals surface area contributed by atoms with Gasteiger partial charge < -0.3 is 0 Å². The van der Waals surface area contributed by atoms with E-state index < -0.39 is 0 Å². The van der Waals surface area contributed by atoms with Crippen molar-refractivity contribution in [2.45, 2.75) is 34.6 Å². The van der Waals surface area contributed by atoms with Crippen molar-refractivity contribution in [2.24, 2.45) is 0 Å². The van der Waals surface area contributed by atoms with Crippen LogP contribution in [0.2, 0.25) is 0 Å². The number of carbonyl (C=O) groups excluding carboxylic acids is 1. The van der Waals surface area contributed by atoms with Crippen molar-refractivity contribution < 1.29 is 9.18 Å². The quantitative estimate of drug-likeness (QED) is 0.729. The minimum absolute atomic E-state index is 0.0937. The number of benzene rings is 2. The van der Waals surface area contributed by atoms with Gasteiger partial charge in [-0.1, -0.05) is 12.1 Å². The molecule has 0 spiro atoms. The molecule has 2 rings (SSSR count). The molecular weight excluding hydrogens is 251 g/mol. The molecule has 0 amide bonds. The number of ketones is 1. The molecule has 0 unspecified atom stereocenters. The van der Waals surface area contributed by atoms with E-state index in [4.69, 9.17) is 0 Å². The fourth-order valence-corrected chi connectivity index (χ4v) is 2.53. The normalized spacial score (nSPS) is 10.7. The lowest BCUT2D eigenvalue weighted by Gasteiger charge is -2.15. The highest BCUT2D eigenvalue weighted by atomic mass is 19.1. The summed E-state index contributed by atoms with van der Waals surface area (Å²) in [5.74, 6) is -0.470. The van der Waals surface area contributed by atoms with Gasteiger partial charge in [-0.2, -0.15) is 0 Å². The molecule has 0 aliphatic rings. The van der Waals surface area contributed by atoms with Crippen LogP contribution in [0.4, 0.5) is 4.39 Å². The zero-order chi connectivity index (χ0) is 15.0. The highest BCUT2D eigenvalue weighted by Gasteiger charge is 2.19. The van der Waals surface area contributed by atoms with E-state index in [1.807, 2.05) is 34.6 Å². The fourth-order valence-electron chi connectivity index (χ4n) is 2.53. The highest BCUT2D eigenvalue weighted by Crippen LogP contribution is 2.25. The summed E-state index contributed by atoms with van der Waals surface area (Å²) in [6, 6.07) is 6.44. The Hall–Kier alpha value is -1.96. The zero-order valence-corrected chi connectivity index (χ0v) is 12.6. The van der Waals surface area contributed by atoms with Gasteiger partial charge in [0, 0.05) is 11.1 Å². The van der Waals surface area contributed by atoms with E-state index in [0.717, 1.165) is 27.8 Å². The van der Waals surface area contributed by atoms with Crippen LogP contribution < -0.4 is 0 Å². The summed E-state index contributed by atoms with van der Waals surface area (Å²) in [4.78, 5) is 12.8. The Labute approximate surface area is 119 Å². The van der Waals surface area contributed by atoms with Crippen molar-refractivity contribution in [1.29, 1.82) is 0 Å². The Balaban J connectivity index is 2.68. The van der Waals surface area contributed by atoms with Gasteiger partial charge in [-0.05, 0) is 74.6 Å². The molecule has 0 radical (unpaired) electrons. The van der Waals surface area contributed by atoms with Crippen LogP contribution in [-0.4, -0.2) is 5.78 Å². The van der Waals surface area contributed by atoms with E-state index in [1.165, 1.54) is 12.1 Å². The third-order valence-electron chi connectivity index (χ3n) is 4.04. The van der Waals surface area contributed by atoms with Crippen LogP contribution in [0.15, 0.2) is 24.3 Å². The second-order valence-electron chi connectivity index (χ2n) is 5.42. The van der Waals surface area contributed by atoms with Gasteiger partial charge in [0.2, 0.25) is 0 Å². The summed E-state index contributed by atoms with van der Waals surface area (Å²) < 4.78 is 13.4. The second-order valence-corrected chi connectivity index (χ2v) is 5.42. The topological polar surface area (TPSA) is 17.1 Å². The molecule has 2 aromatic rings. The predicted molar refractivity (Wildman–Crippen MR) is 80.0 cm³/mol. The van der Waals surface area contributed by atoms with Crippen molar-refractivity contribution in [3.8, 4) is 0 Å². The second kappa shape index (κ2) is 5.20. The molecule has 0 heterocycles. The highest BCUT2D eigenvalue weighted by molar-refractivity contribution is 6.12. The summed E-state index contributed by atoms with van der Waals surface area (Å²) >= 11 is 0. The average molecular weight is 270 g/mol. The molecule has 0 fully saturated rings. The molecule has 0 aromatic heterocycles. The van der Waals surface area contributed by atoms with Gasteiger partial charge in [0.1, 0.15) is 5.82 Å². The monoisotopic (exact) mass is 270 g/mol. The number of rotatable bonds is 2. The molecule has 104 valence electrons. The Morgan fingerprint density at radius 1 is 0.850 bits per heavy atom. The van der Waals surface area contributed by atoms with E-state index in [1.54, 1.807) is 6.07 Å². The minimum atomic E-state index is -0.376. The summed E-state index contributed by atoms with van der Waals surface area (Å²) in [7, 11) is 0. The van der Waals surface area contributed by atoms with E-state index in [-0.39, 0.29) is 11.6 Å². The number of carbonyl (C=O) groups is 1.